The molecule has 2 atom stereocenters. The number of aliphatic hydroxyl groups excluding tert-OH is 1. The molecule has 0 aliphatic heterocycles. The van der Waals surface area contributed by atoms with Gasteiger partial charge in [0.25, 0.3) is 5.91 Å². The summed E-state index contributed by atoms with van der Waals surface area (Å²) in [5.74, 6) is -0.360. The Morgan fingerprint density at radius 2 is 1.86 bits per heavy atom. The van der Waals surface area contributed by atoms with Gasteiger partial charge in [0.1, 0.15) is 5.75 Å². The fraction of sp³-hybridized carbons (Fsp3) is 0.462. The van der Waals surface area contributed by atoms with Crippen molar-refractivity contribution in [3.05, 3.63) is 28.2 Å². The summed E-state index contributed by atoms with van der Waals surface area (Å²) in [6.45, 7) is 1.09. The fourth-order valence-electron chi connectivity index (χ4n) is 1.49. The van der Waals surface area contributed by atoms with Crippen LogP contribution in [0, 0.1) is 0 Å². The second-order valence-corrected chi connectivity index (χ2v) is 5.38. The monoisotopic (exact) mass is 359 g/mol. The number of rotatable bonds is 6. The number of hydrogen-bond acceptors (Lipinski definition) is 3. The van der Waals surface area contributed by atoms with E-state index in [-0.39, 0.29) is 12.3 Å². The van der Waals surface area contributed by atoms with E-state index in [4.69, 9.17) is 33.0 Å². The first kappa shape index (κ1) is 18.9. The number of carbonyl (C=O) groups excluding carboxylic acids is 1. The summed E-state index contributed by atoms with van der Waals surface area (Å²) in [7, 11) is 0. The summed E-state index contributed by atoms with van der Waals surface area (Å²) in [5, 5.41) is 11.7. The maximum atomic E-state index is 12.1. The Kier molecular flexibility index (Phi) is 6.77. The third kappa shape index (κ3) is 6.29. The van der Waals surface area contributed by atoms with E-state index in [1.54, 1.807) is 0 Å². The Morgan fingerprint density at radius 1 is 1.32 bits per heavy atom. The van der Waals surface area contributed by atoms with E-state index in [1.165, 1.54) is 25.1 Å². The number of carbonyl (C=O) groups is 1. The largest absolute Gasteiger partial charge is 0.481 e. The predicted molar refractivity (Wildman–Crippen MR) is 76.2 cm³/mol. The van der Waals surface area contributed by atoms with Crippen LogP contribution in [-0.2, 0) is 4.79 Å². The average molecular weight is 360 g/mol. The number of halogens is 5. The van der Waals surface area contributed by atoms with Crippen molar-refractivity contribution >= 4 is 29.1 Å². The molecule has 1 amide bonds. The SMILES string of the molecule is C[C@@H](Oc1cc(Cl)cc(Cl)c1)C(=O)NCC[C@@H](O)C(F)(F)F. The highest BCUT2D eigenvalue weighted by molar-refractivity contribution is 6.34. The summed E-state index contributed by atoms with van der Waals surface area (Å²) in [5.41, 5.74) is 0. The van der Waals surface area contributed by atoms with Crippen molar-refractivity contribution in [1.82, 2.24) is 5.32 Å². The molecule has 0 radical (unpaired) electrons. The van der Waals surface area contributed by atoms with Gasteiger partial charge in [-0.2, -0.15) is 13.2 Å². The van der Waals surface area contributed by atoms with Crippen molar-refractivity contribution in [3.63, 3.8) is 0 Å². The number of amides is 1. The van der Waals surface area contributed by atoms with Gasteiger partial charge in [-0.05, 0) is 31.5 Å². The van der Waals surface area contributed by atoms with Crippen LogP contribution >= 0.6 is 23.2 Å². The van der Waals surface area contributed by atoms with Gasteiger partial charge < -0.3 is 15.2 Å². The number of aliphatic hydroxyl groups is 1. The number of nitrogens with one attached hydrogen (secondary N) is 1. The Bertz CT molecular complexity index is 505. The van der Waals surface area contributed by atoms with Crippen molar-refractivity contribution < 1.29 is 27.8 Å². The van der Waals surface area contributed by atoms with E-state index >= 15 is 0 Å². The third-order valence-electron chi connectivity index (χ3n) is 2.61. The molecular formula is C13H14Cl2F3NO3. The molecule has 0 aliphatic carbocycles. The third-order valence-corrected chi connectivity index (χ3v) is 3.05. The molecule has 9 heteroatoms. The number of alkyl halides is 3. The molecule has 0 aromatic heterocycles. The first-order valence-corrected chi connectivity index (χ1v) is 7.00. The molecule has 22 heavy (non-hydrogen) atoms. The second-order valence-electron chi connectivity index (χ2n) is 4.50. The van der Waals surface area contributed by atoms with Crippen LogP contribution in [0.4, 0.5) is 13.2 Å². The zero-order valence-electron chi connectivity index (χ0n) is 11.5. The first-order chi connectivity index (χ1) is 10.1. The van der Waals surface area contributed by atoms with Crippen LogP contribution in [0.1, 0.15) is 13.3 Å². The summed E-state index contributed by atoms with van der Waals surface area (Å²) in [4.78, 5) is 11.7. The lowest BCUT2D eigenvalue weighted by Gasteiger charge is -2.17. The second kappa shape index (κ2) is 7.89. The van der Waals surface area contributed by atoms with E-state index in [0.717, 1.165) is 0 Å². The van der Waals surface area contributed by atoms with Crippen molar-refractivity contribution in [1.29, 1.82) is 0 Å². The zero-order valence-corrected chi connectivity index (χ0v) is 13.0. The fourth-order valence-corrected chi connectivity index (χ4v) is 2.00. The highest BCUT2D eigenvalue weighted by Gasteiger charge is 2.37. The molecule has 0 aliphatic rings. The lowest BCUT2D eigenvalue weighted by Crippen LogP contribution is -2.39. The highest BCUT2D eigenvalue weighted by Crippen LogP contribution is 2.25. The molecule has 0 unspecified atom stereocenters. The summed E-state index contributed by atoms with van der Waals surface area (Å²) in [6.07, 6.45) is -8.77. The Hall–Kier alpha value is -1.18. The minimum absolute atomic E-state index is 0.260. The Labute approximate surface area is 135 Å². The number of ether oxygens (including phenoxy) is 1. The lowest BCUT2D eigenvalue weighted by molar-refractivity contribution is -0.205. The predicted octanol–water partition coefficient (Wildman–Crippen LogP) is 3.19. The summed E-state index contributed by atoms with van der Waals surface area (Å²) in [6, 6.07) is 4.38. The minimum Gasteiger partial charge on any atom is -0.481 e. The number of hydrogen-bond donors (Lipinski definition) is 2. The maximum Gasteiger partial charge on any atom is 0.414 e. The van der Waals surface area contributed by atoms with Gasteiger partial charge in [0.05, 0.1) is 0 Å². The minimum atomic E-state index is -4.70. The van der Waals surface area contributed by atoms with Crippen LogP contribution in [0.15, 0.2) is 18.2 Å². The molecular weight excluding hydrogens is 346 g/mol. The molecule has 2 N–H and O–H groups in total. The highest BCUT2D eigenvalue weighted by atomic mass is 35.5. The normalized spacial score (nSPS) is 14.3. The molecule has 0 bridgehead atoms. The van der Waals surface area contributed by atoms with Crippen molar-refractivity contribution in [2.45, 2.75) is 31.7 Å². The van der Waals surface area contributed by atoms with Crippen LogP contribution in [0.25, 0.3) is 0 Å². The van der Waals surface area contributed by atoms with Gasteiger partial charge in [-0.1, -0.05) is 23.2 Å². The van der Waals surface area contributed by atoms with E-state index in [1.807, 2.05) is 0 Å². The Balaban J connectivity index is 2.45. The Morgan fingerprint density at radius 3 is 2.36 bits per heavy atom. The van der Waals surface area contributed by atoms with Crippen molar-refractivity contribution in [3.8, 4) is 5.75 Å². The van der Waals surface area contributed by atoms with Crippen LogP contribution in [-0.4, -0.2) is 35.9 Å². The summed E-state index contributed by atoms with van der Waals surface area (Å²) < 4.78 is 41.5. The van der Waals surface area contributed by atoms with Crippen LogP contribution in [0.5, 0.6) is 5.75 Å². The van der Waals surface area contributed by atoms with Gasteiger partial charge in [0.2, 0.25) is 0 Å². The van der Waals surface area contributed by atoms with Crippen LogP contribution < -0.4 is 10.1 Å². The molecule has 124 valence electrons. The van der Waals surface area contributed by atoms with Gasteiger partial charge in [-0.3, -0.25) is 4.79 Å². The van der Waals surface area contributed by atoms with Gasteiger partial charge in [0.15, 0.2) is 12.2 Å². The summed E-state index contributed by atoms with van der Waals surface area (Å²) >= 11 is 11.5. The molecule has 0 heterocycles. The van der Waals surface area contributed by atoms with Gasteiger partial charge in [-0.15, -0.1) is 0 Å². The molecule has 4 nitrogen and oxygen atoms in total. The topological polar surface area (TPSA) is 58.6 Å². The number of benzene rings is 1. The standard InChI is InChI=1S/C13H14Cl2F3NO3/c1-7(22-10-5-8(14)4-9(15)6-10)12(21)19-3-2-11(20)13(16,17)18/h4-7,11,20H,2-3H2,1H3,(H,19,21)/t7-,11-/m1/s1. The lowest BCUT2D eigenvalue weighted by atomic mass is 10.2. The van der Waals surface area contributed by atoms with Gasteiger partial charge in [0, 0.05) is 16.6 Å². The van der Waals surface area contributed by atoms with Crippen molar-refractivity contribution in [2.75, 3.05) is 6.54 Å². The molecule has 1 aromatic rings. The maximum absolute atomic E-state index is 12.1. The molecule has 0 saturated heterocycles. The van der Waals surface area contributed by atoms with Crippen LogP contribution in [0.2, 0.25) is 10.0 Å². The van der Waals surface area contributed by atoms with E-state index in [2.05, 4.69) is 5.32 Å². The molecule has 1 rings (SSSR count). The van der Waals surface area contributed by atoms with Crippen LogP contribution in [0.3, 0.4) is 0 Å². The average Bonchev–Trinajstić information content (AvgIpc) is 2.35. The van der Waals surface area contributed by atoms with Crippen molar-refractivity contribution in [2.24, 2.45) is 0 Å². The van der Waals surface area contributed by atoms with E-state index in [0.29, 0.717) is 10.0 Å². The smallest absolute Gasteiger partial charge is 0.414 e. The molecule has 1 aromatic carbocycles. The first-order valence-electron chi connectivity index (χ1n) is 6.25. The van der Waals surface area contributed by atoms with Gasteiger partial charge >= 0.3 is 6.18 Å². The molecule has 0 saturated carbocycles. The molecule has 0 fully saturated rings. The van der Waals surface area contributed by atoms with Gasteiger partial charge in [-0.25, -0.2) is 0 Å². The van der Waals surface area contributed by atoms with E-state index < -0.39 is 30.7 Å². The zero-order chi connectivity index (χ0) is 16.9. The van der Waals surface area contributed by atoms with E-state index in [9.17, 15) is 18.0 Å². The quantitative estimate of drug-likeness (QED) is 0.819. The molecule has 0 spiro atoms.